The molecule has 8 heteroatoms. The molecular weight excluding hydrogens is 296 g/mol. The van der Waals surface area contributed by atoms with Crippen LogP contribution in [0.15, 0.2) is 23.3 Å². The Morgan fingerprint density at radius 3 is 1.14 bits per heavy atom. The van der Waals surface area contributed by atoms with Crippen LogP contribution in [0, 0.1) is 0 Å². The van der Waals surface area contributed by atoms with Crippen molar-refractivity contribution in [1.82, 2.24) is 0 Å². The lowest BCUT2D eigenvalue weighted by Gasteiger charge is -2.03. The van der Waals surface area contributed by atoms with Crippen LogP contribution in [0.3, 0.4) is 0 Å². The second-order valence-corrected chi connectivity index (χ2v) is 4.54. The lowest BCUT2D eigenvalue weighted by Crippen LogP contribution is -2.05. The number of hydrogen-bond acceptors (Lipinski definition) is 4. The molecule has 0 aromatic heterocycles. The lowest BCUT2D eigenvalue weighted by atomic mass is 10.0. The van der Waals surface area contributed by atoms with Crippen LogP contribution >= 0.6 is 0 Å². The Labute approximate surface area is 126 Å². The molecular formula is C14H18O8. The zero-order valence-corrected chi connectivity index (χ0v) is 11.8. The third-order valence-electron chi connectivity index (χ3n) is 2.79. The smallest absolute Gasteiger partial charge is 0.331 e. The van der Waals surface area contributed by atoms with Crippen molar-refractivity contribution in [2.24, 2.45) is 0 Å². The van der Waals surface area contributed by atoms with Crippen molar-refractivity contribution >= 4 is 23.9 Å². The first kappa shape index (κ1) is 19.4. The van der Waals surface area contributed by atoms with E-state index in [0.717, 1.165) is 0 Å². The number of hydrogen-bond donors (Lipinski definition) is 4. The van der Waals surface area contributed by atoms with Crippen LogP contribution in [0.5, 0.6) is 0 Å². The van der Waals surface area contributed by atoms with Crippen LogP contribution in [0.1, 0.15) is 38.5 Å². The molecule has 0 rings (SSSR count). The molecule has 0 aromatic rings. The van der Waals surface area contributed by atoms with Crippen LogP contribution in [0.25, 0.3) is 0 Å². The molecule has 22 heavy (non-hydrogen) atoms. The third kappa shape index (κ3) is 9.29. The molecule has 0 aliphatic heterocycles. The Hall–Kier alpha value is -2.64. The van der Waals surface area contributed by atoms with Crippen molar-refractivity contribution in [3.05, 3.63) is 23.3 Å². The van der Waals surface area contributed by atoms with Gasteiger partial charge in [0.2, 0.25) is 0 Å². The van der Waals surface area contributed by atoms with E-state index in [9.17, 15) is 19.2 Å². The summed E-state index contributed by atoms with van der Waals surface area (Å²) in [5.41, 5.74) is -0.381. The average molecular weight is 314 g/mol. The Kier molecular flexibility index (Phi) is 8.92. The van der Waals surface area contributed by atoms with Crippen LogP contribution in [-0.4, -0.2) is 44.3 Å². The minimum absolute atomic E-state index is 0.110. The fraction of sp³-hybridized carbons (Fsp3) is 0.429. The molecule has 0 aromatic carbocycles. The maximum absolute atomic E-state index is 10.8. The van der Waals surface area contributed by atoms with Crippen molar-refractivity contribution in [2.75, 3.05) is 0 Å². The number of carboxylic acid groups (broad SMARTS) is 4. The number of unbranched alkanes of at least 4 members (excludes halogenated alkanes) is 3. The van der Waals surface area contributed by atoms with Gasteiger partial charge in [0.25, 0.3) is 0 Å². The van der Waals surface area contributed by atoms with E-state index in [-0.39, 0.29) is 24.0 Å². The minimum atomic E-state index is -1.32. The summed E-state index contributed by atoms with van der Waals surface area (Å²) in [7, 11) is 0. The molecule has 8 nitrogen and oxygen atoms in total. The highest BCUT2D eigenvalue weighted by molar-refractivity contribution is 5.95. The second kappa shape index (κ2) is 10.1. The molecule has 122 valence electrons. The molecule has 0 atom stereocenters. The Bertz CT molecular complexity index is 455. The van der Waals surface area contributed by atoms with E-state index < -0.39 is 23.9 Å². The van der Waals surface area contributed by atoms with E-state index in [4.69, 9.17) is 20.4 Å². The van der Waals surface area contributed by atoms with Crippen molar-refractivity contribution in [3.63, 3.8) is 0 Å². The number of carboxylic acids is 4. The molecule has 0 saturated heterocycles. The first-order chi connectivity index (χ1) is 10.2. The monoisotopic (exact) mass is 314 g/mol. The van der Waals surface area contributed by atoms with Gasteiger partial charge in [-0.05, 0) is 25.7 Å². The van der Waals surface area contributed by atoms with Gasteiger partial charge in [-0.15, -0.1) is 0 Å². The zero-order chi connectivity index (χ0) is 17.1. The molecule has 4 N–H and O–H groups in total. The van der Waals surface area contributed by atoms with Crippen LogP contribution < -0.4 is 0 Å². The highest BCUT2D eigenvalue weighted by Gasteiger charge is 2.10. The van der Waals surface area contributed by atoms with Gasteiger partial charge in [-0.2, -0.15) is 0 Å². The quantitative estimate of drug-likeness (QED) is 0.331. The van der Waals surface area contributed by atoms with Gasteiger partial charge in [0.05, 0.1) is 0 Å². The molecule has 0 radical (unpaired) electrons. The molecule has 0 heterocycles. The van der Waals surface area contributed by atoms with E-state index in [2.05, 4.69) is 0 Å². The van der Waals surface area contributed by atoms with Gasteiger partial charge in [-0.25, -0.2) is 19.2 Å². The highest BCUT2D eigenvalue weighted by Crippen LogP contribution is 2.14. The van der Waals surface area contributed by atoms with E-state index >= 15 is 0 Å². The highest BCUT2D eigenvalue weighted by atomic mass is 16.4. The normalized spacial score (nSPS) is 12.0. The maximum Gasteiger partial charge on any atom is 0.331 e. The molecule has 0 aliphatic rings. The summed E-state index contributed by atoms with van der Waals surface area (Å²) in [6.07, 6.45) is 3.61. The van der Waals surface area contributed by atoms with Crippen molar-refractivity contribution in [2.45, 2.75) is 38.5 Å². The van der Waals surface area contributed by atoms with E-state index in [1.807, 2.05) is 0 Å². The zero-order valence-electron chi connectivity index (χ0n) is 11.8. The number of carbonyl (C=O) groups is 4. The Balaban J connectivity index is 4.13. The molecule has 0 saturated carbocycles. The van der Waals surface area contributed by atoms with Crippen molar-refractivity contribution in [1.29, 1.82) is 0 Å². The van der Waals surface area contributed by atoms with Gasteiger partial charge in [0, 0.05) is 23.3 Å². The largest absolute Gasteiger partial charge is 0.478 e. The van der Waals surface area contributed by atoms with Gasteiger partial charge in [-0.1, -0.05) is 12.8 Å². The molecule has 0 fully saturated rings. The summed E-state index contributed by atoms with van der Waals surface area (Å²) in [6, 6.07) is 0. The number of rotatable bonds is 11. The molecule has 0 unspecified atom stereocenters. The maximum atomic E-state index is 10.8. The van der Waals surface area contributed by atoms with Gasteiger partial charge in [-0.3, -0.25) is 0 Å². The molecule has 0 aliphatic carbocycles. The summed E-state index contributed by atoms with van der Waals surface area (Å²) < 4.78 is 0. The van der Waals surface area contributed by atoms with Gasteiger partial charge < -0.3 is 20.4 Å². The fourth-order valence-electron chi connectivity index (χ4n) is 1.76. The molecule has 0 amide bonds. The third-order valence-corrected chi connectivity index (χ3v) is 2.79. The Morgan fingerprint density at radius 1 is 0.591 bits per heavy atom. The number of aliphatic carboxylic acids is 4. The van der Waals surface area contributed by atoms with Crippen molar-refractivity contribution < 1.29 is 39.6 Å². The van der Waals surface area contributed by atoms with Gasteiger partial charge in [0.1, 0.15) is 0 Å². The van der Waals surface area contributed by atoms with Crippen LogP contribution in [0.4, 0.5) is 0 Å². The van der Waals surface area contributed by atoms with Gasteiger partial charge in [0.15, 0.2) is 0 Å². The Morgan fingerprint density at radius 2 is 0.909 bits per heavy atom. The van der Waals surface area contributed by atoms with Crippen LogP contribution in [-0.2, 0) is 19.2 Å². The topological polar surface area (TPSA) is 149 Å². The first-order valence-electron chi connectivity index (χ1n) is 6.57. The van der Waals surface area contributed by atoms with E-state index in [1.165, 1.54) is 0 Å². The summed E-state index contributed by atoms with van der Waals surface area (Å²) in [6.45, 7) is 0. The standard InChI is InChI=1S/C14H18O8/c15-11(16)7-9(13(19)20)5-3-1-2-4-6-10(14(21)22)8-12(17)18/h7-8H,1-6H2,(H,15,16)(H,17,18)(H,19,20)(H,21,22)/b9-7+,10-8+. The first-order valence-corrected chi connectivity index (χ1v) is 6.57. The van der Waals surface area contributed by atoms with Gasteiger partial charge >= 0.3 is 23.9 Å². The summed E-state index contributed by atoms with van der Waals surface area (Å²) in [5.74, 6) is -5.19. The second-order valence-electron chi connectivity index (χ2n) is 4.54. The van der Waals surface area contributed by atoms with E-state index in [1.54, 1.807) is 0 Å². The summed E-state index contributed by atoms with van der Waals surface area (Å²) in [4.78, 5) is 42.4. The van der Waals surface area contributed by atoms with Crippen molar-refractivity contribution in [3.8, 4) is 0 Å². The predicted molar refractivity (Wildman–Crippen MR) is 74.4 cm³/mol. The summed E-state index contributed by atoms with van der Waals surface area (Å²) in [5, 5.41) is 34.6. The fourth-order valence-corrected chi connectivity index (χ4v) is 1.76. The lowest BCUT2D eigenvalue weighted by molar-refractivity contribution is -0.135. The minimum Gasteiger partial charge on any atom is -0.478 e. The van der Waals surface area contributed by atoms with Crippen LogP contribution in [0.2, 0.25) is 0 Å². The summed E-state index contributed by atoms with van der Waals surface area (Å²) >= 11 is 0. The predicted octanol–water partition coefficient (Wildman–Crippen LogP) is 1.52. The average Bonchev–Trinajstić information content (AvgIpc) is 2.38. The SMILES string of the molecule is O=C(O)/C=C(\CCCCCC/C(=C\C(=O)O)C(=O)O)C(=O)O. The van der Waals surface area contributed by atoms with E-state index in [0.29, 0.717) is 37.8 Å². The molecule has 0 spiro atoms. The molecule has 0 bridgehead atoms.